The summed E-state index contributed by atoms with van der Waals surface area (Å²) >= 11 is 0. The van der Waals surface area contributed by atoms with Crippen molar-refractivity contribution in [1.29, 1.82) is 0 Å². The van der Waals surface area contributed by atoms with E-state index < -0.39 is 0 Å². The minimum Gasteiger partial charge on any atom is -0.383 e. The molecule has 0 radical (unpaired) electrons. The first-order valence-electron chi connectivity index (χ1n) is 8.38. The molecule has 8 nitrogen and oxygen atoms in total. The van der Waals surface area contributed by atoms with Gasteiger partial charge in [0, 0.05) is 49.4 Å². The number of nitro groups is 1. The van der Waals surface area contributed by atoms with Crippen LogP contribution in [0.1, 0.15) is 0 Å². The van der Waals surface area contributed by atoms with Gasteiger partial charge in [-0.3, -0.25) is 10.1 Å². The number of nitrogens with zero attached hydrogens (tertiary/aromatic N) is 5. The van der Waals surface area contributed by atoms with Crippen molar-refractivity contribution in [3.8, 4) is 0 Å². The third-order valence-corrected chi connectivity index (χ3v) is 4.61. The van der Waals surface area contributed by atoms with Crippen molar-refractivity contribution in [2.75, 3.05) is 41.7 Å². The first kappa shape index (κ1) is 16.1. The molecule has 132 valence electrons. The Morgan fingerprint density at radius 2 is 1.58 bits per heavy atom. The summed E-state index contributed by atoms with van der Waals surface area (Å²) in [6.07, 6.45) is 0. The second-order valence-corrected chi connectivity index (χ2v) is 6.17. The fourth-order valence-corrected chi connectivity index (χ4v) is 3.18. The van der Waals surface area contributed by atoms with Gasteiger partial charge in [-0.1, -0.05) is 12.1 Å². The first-order valence-corrected chi connectivity index (χ1v) is 8.38. The molecule has 1 saturated heterocycles. The van der Waals surface area contributed by atoms with Crippen LogP contribution in [0.25, 0.3) is 10.9 Å². The number of anilines is 3. The van der Waals surface area contributed by atoms with Crippen LogP contribution in [0, 0.1) is 10.1 Å². The maximum Gasteiger partial charge on any atom is 0.269 e. The van der Waals surface area contributed by atoms with Crippen LogP contribution in [-0.4, -0.2) is 41.1 Å². The maximum atomic E-state index is 10.8. The summed E-state index contributed by atoms with van der Waals surface area (Å²) in [6.45, 7) is 3.09. The maximum absolute atomic E-state index is 10.8. The van der Waals surface area contributed by atoms with Crippen LogP contribution in [0.15, 0.2) is 48.5 Å². The Balaban J connectivity index is 1.49. The molecule has 1 aliphatic rings. The molecule has 8 heteroatoms. The van der Waals surface area contributed by atoms with Crippen LogP contribution in [0.5, 0.6) is 0 Å². The Labute approximate surface area is 150 Å². The summed E-state index contributed by atoms with van der Waals surface area (Å²) in [5.74, 6) is 1.13. The van der Waals surface area contributed by atoms with Gasteiger partial charge in [0.25, 0.3) is 5.69 Å². The zero-order valence-electron chi connectivity index (χ0n) is 14.1. The summed E-state index contributed by atoms with van der Waals surface area (Å²) in [5.41, 5.74) is 8.00. The third kappa shape index (κ3) is 2.97. The average Bonchev–Trinajstić information content (AvgIpc) is 2.68. The molecule has 1 fully saturated rings. The van der Waals surface area contributed by atoms with Gasteiger partial charge in [0.05, 0.1) is 10.4 Å². The molecule has 0 bridgehead atoms. The molecule has 2 heterocycles. The van der Waals surface area contributed by atoms with Crippen molar-refractivity contribution >= 4 is 34.0 Å². The Bertz CT molecular complexity index is 952. The summed E-state index contributed by atoms with van der Waals surface area (Å²) in [6, 6.07) is 14.4. The van der Waals surface area contributed by atoms with Gasteiger partial charge in [-0.15, -0.1) is 0 Å². The Morgan fingerprint density at radius 1 is 0.923 bits per heavy atom. The number of non-ortho nitro benzene ring substituents is 1. The number of hydrogen-bond acceptors (Lipinski definition) is 7. The van der Waals surface area contributed by atoms with Crippen LogP contribution in [0.2, 0.25) is 0 Å². The highest BCUT2D eigenvalue weighted by molar-refractivity contribution is 5.88. The molecule has 1 aromatic heterocycles. The average molecular weight is 350 g/mol. The number of para-hydroxylation sites is 1. The molecule has 2 aromatic carbocycles. The summed E-state index contributed by atoms with van der Waals surface area (Å²) in [5, 5.41) is 11.6. The predicted molar refractivity (Wildman–Crippen MR) is 101 cm³/mol. The van der Waals surface area contributed by atoms with Gasteiger partial charge in [0.15, 0.2) is 0 Å². The van der Waals surface area contributed by atoms with E-state index in [-0.39, 0.29) is 10.6 Å². The molecule has 0 amide bonds. The van der Waals surface area contributed by atoms with E-state index in [0.717, 1.165) is 42.8 Å². The molecule has 0 unspecified atom stereocenters. The quantitative estimate of drug-likeness (QED) is 0.572. The number of nitrogen functional groups attached to an aromatic ring is 1. The van der Waals surface area contributed by atoms with Crippen LogP contribution in [-0.2, 0) is 0 Å². The van der Waals surface area contributed by atoms with E-state index >= 15 is 0 Å². The van der Waals surface area contributed by atoms with Gasteiger partial charge in [0.2, 0.25) is 5.95 Å². The molecular weight excluding hydrogens is 332 g/mol. The van der Waals surface area contributed by atoms with Gasteiger partial charge in [0.1, 0.15) is 5.82 Å². The largest absolute Gasteiger partial charge is 0.383 e. The van der Waals surface area contributed by atoms with Gasteiger partial charge in [-0.25, -0.2) is 4.98 Å². The van der Waals surface area contributed by atoms with Gasteiger partial charge >= 0.3 is 0 Å². The number of piperazine rings is 1. The van der Waals surface area contributed by atoms with E-state index in [9.17, 15) is 10.1 Å². The number of nitrogens with two attached hydrogens (primary N) is 1. The van der Waals surface area contributed by atoms with Crippen LogP contribution in [0.3, 0.4) is 0 Å². The smallest absolute Gasteiger partial charge is 0.269 e. The SMILES string of the molecule is Nc1nc(N2CCN(c3ccc([N+](=O)[O-])cc3)CC2)nc2ccccc12. The molecule has 0 saturated carbocycles. The minimum atomic E-state index is -0.386. The lowest BCUT2D eigenvalue weighted by molar-refractivity contribution is -0.384. The molecule has 26 heavy (non-hydrogen) atoms. The number of nitro benzene ring substituents is 1. The molecule has 4 rings (SSSR count). The molecule has 3 aromatic rings. The minimum absolute atomic E-state index is 0.104. The molecular formula is C18H18N6O2. The van der Waals surface area contributed by atoms with Crippen molar-refractivity contribution in [1.82, 2.24) is 9.97 Å². The number of rotatable bonds is 3. The Hall–Kier alpha value is -3.42. The van der Waals surface area contributed by atoms with Crippen molar-refractivity contribution < 1.29 is 4.92 Å². The summed E-state index contributed by atoms with van der Waals surface area (Å²) in [4.78, 5) is 23.8. The van der Waals surface area contributed by atoms with Crippen LogP contribution < -0.4 is 15.5 Å². The highest BCUT2D eigenvalue weighted by Gasteiger charge is 2.20. The van der Waals surface area contributed by atoms with E-state index in [2.05, 4.69) is 19.8 Å². The zero-order valence-corrected chi connectivity index (χ0v) is 14.1. The Morgan fingerprint density at radius 3 is 2.27 bits per heavy atom. The van der Waals surface area contributed by atoms with E-state index in [1.807, 2.05) is 24.3 Å². The fourth-order valence-electron chi connectivity index (χ4n) is 3.18. The number of fused-ring (bicyclic) bond motifs is 1. The van der Waals surface area contributed by atoms with Crippen molar-refractivity contribution in [3.05, 3.63) is 58.6 Å². The van der Waals surface area contributed by atoms with Crippen molar-refractivity contribution in [2.45, 2.75) is 0 Å². The van der Waals surface area contributed by atoms with E-state index in [4.69, 9.17) is 5.73 Å². The van der Waals surface area contributed by atoms with Crippen molar-refractivity contribution in [2.24, 2.45) is 0 Å². The standard InChI is InChI=1S/C18H18N6O2/c19-17-15-3-1-2-4-16(15)20-18(21-17)23-11-9-22(10-12-23)13-5-7-14(8-6-13)24(25)26/h1-8H,9-12H2,(H2,19,20,21). The predicted octanol–water partition coefficient (Wildman–Crippen LogP) is 2.45. The highest BCUT2D eigenvalue weighted by atomic mass is 16.6. The first-order chi connectivity index (χ1) is 12.6. The van der Waals surface area contributed by atoms with Crippen LogP contribution in [0.4, 0.5) is 23.1 Å². The summed E-state index contributed by atoms with van der Waals surface area (Å²) in [7, 11) is 0. The molecule has 1 aliphatic heterocycles. The lowest BCUT2D eigenvalue weighted by Gasteiger charge is -2.36. The lowest BCUT2D eigenvalue weighted by Crippen LogP contribution is -2.47. The fraction of sp³-hybridized carbons (Fsp3) is 0.222. The van der Waals surface area contributed by atoms with Crippen molar-refractivity contribution in [3.63, 3.8) is 0 Å². The molecule has 0 spiro atoms. The van der Waals surface area contributed by atoms with E-state index in [0.29, 0.717) is 11.8 Å². The second-order valence-electron chi connectivity index (χ2n) is 6.17. The highest BCUT2D eigenvalue weighted by Crippen LogP contribution is 2.24. The molecule has 2 N–H and O–H groups in total. The number of hydrogen-bond donors (Lipinski definition) is 1. The van der Waals surface area contributed by atoms with Crippen LogP contribution >= 0.6 is 0 Å². The number of aromatic nitrogens is 2. The number of benzene rings is 2. The normalized spacial score (nSPS) is 14.6. The topological polar surface area (TPSA) is 101 Å². The molecule has 0 aliphatic carbocycles. The van der Waals surface area contributed by atoms with Gasteiger partial charge < -0.3 is 15.5 Å². The Kier molecular flexibility index (Phi) is 4.00. The van der Waals surface area contributed by atoms with E-state index in [1.54, 1.807) is 12.1 Å². The monoisotopic (exact) mass is 350 g/mol. The second kappa shape index (κ2) is 6.47. The zero-order chi connectivity index (χ0) is 18.1. The van der Waals surface area contributed by atoms with E-state index in [1.165, 1.54) is 12.1 Å². The third-order valence-electron chi connectivity index (χ3n) is 4.61. The van der Waals surface area contributed by atoms with Gasteiger partial charge in [-0.2, -0.15) is 4.98 Å². The van der Waals surface area contributed by atoms with Gasteiger partial charge in [-0.05, 0) is 24.3 Å². The summed E-state index contributed by atoms with van der Waals surface area (Å²) < 4.78 is 0. The lowest BCUT2D eigenvalue weighted by atomic mass is 10.2. The molecule has 0 atom stereocenters.